The van der Waals surface area contributed by atoms with E-state index in [-0.39, 0.29) is 6.54 Å². The first kappa shape index (κ1) is 12.1. The highest BCUT2D eigenvalue weighted by molar-refractivity contribution is 8.01. The molecule has 2 N–H and O–H groups in total. The third-order valence-electron chi connectivity index (χ3n) is 1.07. The number of alkyl halides is 3. The van der Waals surface area contributed by atoms with Crippen molar-refractivity contribution < 1.29 is 13.2 Å². The van der Waals surface area contributed by atoms with Crippen molar-refractivity contribution in [1.82, 2.24) is 0 Å². The molecule has 0 saturated heterocycles. The molecule has 0 aliphatic heterocycles. The molecule has 0 heterocycles. The summed E-state index contributed by atoms with van der Waals surface area (Å²) >= 11 is 0.859. The molecule has 0 rings (SSSR count). The summed E-state index contributed by atoms with van der Waals surface area (Å²) in [6.45, 7) is 4.87. The Morgan fingerprint density at radius 3 is 1.75 bits per heavy atom. The van der Waals surface area contributed by atoms with E-state index in [0.717, 1.165) is 11.8 Å². The van der Waals surface area contributed by atoms with E-state index >= 15 is 0 Å². The highest BCUT2D eigenvalue weighted by Crippen LogP contribution is 2.36. The van der Waals surface area contributed by atoms with Gasteiger partial charge in [-0.25, -0.2) is 0 Å². The molecule has 5 heteroatoms. The highest BCUT2D eigenvalue weighted by atomic mass is 32.2. The molecule has 0 aromatic heterocycles. The van der Waals surface area contributed by atoms with Crippen molar-refractivity contribution in [3.8, 4) is 0 Å². The van der Waals surface area contributed by atoms with Crippen LogP contribution in [0.5, 0.6) is 0 Å². The van der Waals surface area contributed by atoms with Gasteiger partial charge in [-0.3, -0.25) is 0 Å². The Hall–Kier alpha value is 0.100. The molecule has 0 saturated carbocycles. The van der Waals surface area contributed by atoms with E-state index in [9.17, 15) is 13.2 Å². The summed E-state index contributed by atoms with van der Waals surface area (Å²) in [4.78, 5) is 0. The number of nitrogens with two attached hydrogens (primary N) is 1. The van der Waals surface area contributed by atoms with E-state index in [0.29, 0.717) is 0 Å². The first-order chi connectivity index (χ1) is 5.17. The van der Waals surface area contributed by atoms with Crippen molar-refractivity contribution in [1.29, 1.82) is 0 Å². The second kappa shape index (κ2) is 3.87. The maximum Gasteiger partial charge on any atom is 0.401 e. The largest absolute Gasteiger partial charge is 0.401 e. The molecule has 12 heavy (non-hydrogen) atoms. The molecule has 1 atom stereocenters. The van der Waals surface area contributed by atoms with Gasteiger partial charge in [0.1, 0.15) is 5.25 Å². The number of hydrogen-bond acceptors (Lipinski definition) is 2. The van der Waals surface area contributed by atoms with E-state index in [1.165, 1.54) is 0 Å². The predicted molar refractivity (Wildman–Crippen MR) is 46.2 cm³/mol. The van der Waals surface area contributed by atoms with Crippen molar-refractivity contribution in [2.75, 3.05) is 6.54 Å². The first-order valence-electron chi connectivity index (χ1n) is 3.61. The molecule has 0 bridgehead atoms. The van der Waals surface area contributed by atoms with Gasteiger partial charge in [0.25, 0.3) is 0 Å². The molecule has 0 aliphatic rings. The average molecular weight is 201 g/mol. The second-order valence-electron chi connectivity index (χ2n) is 3.50. The summed E-state index contributed by atoms with van der Waals surface area (Å²) in [6, 6.07) is 0. The fourth-order valence-electron chi connectivity index (χ4n) is 0.675. The Bertz CT molecular complexity index is 139. The molecule has 1 nitrogen and oxygen atoms in total. The Labute approximate surface area is 74.9 Å². The minimum Gasteiger partial charge on any atom is -0.329 e. The zero-order valence-electron chi connectivity index (χ0n) is 7.40. The molecule has 0 aromatic carbocycles. The number of hydrogen-bond donors (Lipinski definition) is 1. The molecular weight excluding hydrogens is 187 g/mol. The standard InChI is InChI=1S/C7H14F3NS/c1-6(2,3)12-5(4-11)7(8,9)10/h5H,4,11H2,1-3H3. The molecule has 0 fully saturated rings. The van der Waals surface area contributed by atoms with Crippen molar-refractivity contribution in [3.05, 3.63) is 0 Å². The molecule has 0 amide bonds. The van der Waals surface area contributed by atoms with Gasteiger partial charge in [-0.05, 0) is 0 Å². The van der Waals surface area contributed by atoms with Crippen molar-refractivity contribution in [3.63, 3.8) is 0 Å². The van der Waals surface area contributed by atoms with Crippen molar-refractivity contribution in [2.45, 2.75) is 36.9 Å². The normalized spacial score (nSPS) is 16.2. The van der Waals surface area contributed by atoms with E-state index in [4.69, 9.17) is 5.73 Å². The minimum absolute atomic E-state index is 0.356. The maximum absolute atomic E-state index is 12.1. The predicted octanol–water partition coefficient (Wildman–Crippen LogP) is 2.41. The lowest BCUT2D eigenvalue weighted by atomic mass is 10.3. The van der Waals surface area contributed by atoms with Crippen LogP contribution in [0.25, 0.3) is 0 Å². The molecule has 74 valence electrons. The van der Waals surface area contributed by atoms with Gasteiger partial charge in [0.2, 0.25) is 0 Å². The van der Waals surface area contributed by atoms with Crippen LogP contribution in [0.3, 0.4) is 0 Å². The minimum atomic E-state index is -4.19. The van der Waals surface area contributed by atoms with Crippen LogP contribution in [0.1, 0.15) is 20.8 Å². The van der Waals surface area contributed by atoms with Crippen LogP contribution in [-0.2, 0) is 0 Å². The summed E-state index contributed by atoms with van der Waals surface area (Å²) in [5, 5.41) is -1.45. The third kappa shape index (κ3) is 4.87. The van der Waals surface area contributed by atoms with Gasteiger partial charge in [0, 0.05) is 11.3 Å². The monoisotopic (exact) mass is 201 g/mol. The van der Waals surface area contributed by atoms with Crippen molar-refractivity contribution in [2.24, 2.45) is 5.73 Å². The van der Waals surface area contributed by atoms with Gasteiger partial charge in [-0.15, -0.1) is 11.8 Å². The van der Waals surface area contributed by atoms with Crippen LogP contribution in [-0.4, -0.2) is 22.7 Å². The molecule has 0 aromatic rings. The quantitative estimate of drug-likeness (QED) is 0.742. The lowest BCUT2D eigenvalue weighted by Crippen LogP contribution is -2.36. The Morgan fingerprint density at radius 1 is 1.25 bits per heavy atom. The Kier molecular flexibility index (Phi) is 3.90. The lowest BCUT2D eigenvalue weighted by Gasteiger charge is -2.26. The van der Waals surface area contributed by atoms with E-state index in [2.05, 4.69) is 0 Å². The van der Waals surface area contributed by atoms with Crippen LogP contribution >= 0.6 is 11.8 Å². The van der Waals surface area contributed by atoms with Crippen LogP contribution < -0.4 is 5.73 Å². The molecule has 0 aliphatic carbocycles. The smallest absolute Gasteiger partial charge is 0.329 e. The maximum atomic E-state index is 12.1. The fourth-order valence-corrected chi connectivity index (χ4v) is 1.76. The van der Waals surface area contributed by atoms with Crippen LogP contribution in [0.15, 0.2) is 0 Å². The topological polar surface area (TPSA) is 26.0 Å². The Balaban J connectivity index is 4.20. The van der Waals surface area contributed by atoms with Crippen LogP contribution in [0, 0.1) is 0 Å². The fraction of sp³-hybridized carbons (Fsp3) is 1.00. The molecule has 0 radical (unpaired) electrons. The molecular formula is C7H14F3NS. The summed E-state index contributed by atoms with van der Waals surface area (Å²) in [7, 11) is 0. The first-order valence-corrected chi connectivity index (χ1v) is 4.49. The number of thioether (sulfide) groups is 1. The van der Waals surface area contributed by atoms with Gasteiger partial charge in [0.15, 0.2) is 0 Å². The third-order valence-corrected chi connectivity index (χ3v) is 2.53. The number of halogens is 3. The summed E-state index contributed by atoms with van der Waals surface area (Å²) in [5.74, 6) is 0. The molecule has 0 spiro atoms. The van der Waals surface area contributed by atoms with Gasteiger partial charge in [-0.2, -0.15) is 13.2 Å². The van der Waals surface area contributed by atoms with E-state index in [1.54, 1.807) is 20.8 Å². The average Bonchev–Trinajstić information content (AvgIpc) is 1.78. The van der Waals surface area contributed by atoms with E-state index < -0.39 is 16.2 Å². The Morgan fingerprint density at radius 2 is 1.67 bits per heavy atom. The van der Waals surface area contributed by atoms with E-state index in [1.807, 2.05) is 0 Å². The van der Waals surface area contributed by atoms with Gasteiger partial charge in [-0.1, -0.05) is 20.8 Å². The lowest BCUT2D eigenvalue weighted by molar-refractivity contribution is -0.126. The summed E-state index contributed by atoms with van der Waals surface area (Å²) in [5.41, 5.74) is 5.03. The molecule has 1 unspecified atom stereocenters. The highest BCUT2D eigenvalue weighted by Gasteiger charge is 2.41. The zero-order chi connectivity index (χ0) is 9.99. The SMILES string of the molecule is CC(C)(C)SC(CN)C(F)(F)F. The van der Waals surface area contributed by atoms with Crippen LogP contribution in [0.2, 0.25) is 0 Å². The zero-order valence-corrected chi connectivity index (χ0v) is 8.22. The van der Waals surface area contributed by atoms with Gasteiger partial charge >= 0.3 is 6.18 Å². The van der Waals surface area contributed by atoms with Gasteiger partial charge in [0.05, 0.1) is 0 Å². The summed E-state index contributed by atoms with van der Waals surface area (Å²) < 4.78 is 36.0. The summed E-state index contributed by atoms with van der Waals surface area (Å²) in [6.07, 6.45) is -4.19. The van der Waals surface area contributed by atoms with Crippen molar-refractivity contribution >= 4 is 11.8 Å². The van der Waals surface area contributed by atoms with Crippen LogP contribution in [0.4, 0.5) is 13.2 Å². The second-order valence-corrected chi connectivity index (χ2v) is 5.53. The van der Waals surface area contributed by atoms with Gasteiger partial charge < -0.3 is 5.73 Å². The number of rotatable bonds is 2.